The highest BCUT2D eigenvalue weighted by Crippen LogP contribution is 2.26. The summed E-state index contributed by atoms with van der Waals surface area (Å²) >= 11 is 0. The fourth-order valence-corrected chi connectivity index (χ4v) is 3.04. The van der Waals surface area contributed by atoms with Crippen molar-refractivity contribution >= 4 is 5.69 Å². The van der Waals surface area contributed by atoms with E-state index in [9.17, 15) is 0 Å². The Morgan fingerprint density at radius 3 is 3.00 bits per heavy atom. The van der Waals surface area contributed by atoms with Gasteiger partial charge in [-0.3, -0.25) is 0 Å². The topological polar surface area (TPSA) is 54.8 Å². The molecule has 1 aliphatic rings. The van der Waals surface area contributed by atoms with E-state index in [0.29, 0.717) is 12.1 Å². The van der Waals surface area contributed by atoms with Gasteiger partial charge in [-0.05, 0) is 44.9 Å². The number of nitrogens with zero attached hydrogens (tertiary/aromatic N) is 3. The van der Waals surface area contributed by atoms with Gasteiger partial charge in [-0.1, -0.05) is 12.1 Å². The van der Waals surface area contributed by atoms with E-state index in [1.54, 1.807) is 6.33 Å². The van der Waals surface area contributed by atoms with Crippen LogP contribution in [0.3, 0.4) is 0 Å². The Morgan fingerprint density at radius 1 is 1.43 bits per heavy atom. The van der Waals surface area contributed by atoms with Crippen LogP contribution < -0.4 is 10.6 Å². The minimum atomic E-state index is 0.426. The molecule has 112 valence electrons. The summed E-state index contributed by atoms with van der Waals surface area (Å²) in [6.45, 7) is 3.40. The van der Waals surface area contributed by atoms with Crippen molar-refractivity contribution in [3.05, 3.63) is 30.6 Å². The molecule has 2 unspecified atom stereocenters. The molecule has 0 saturated carbocycles. The van der Waals surface area contributed by atoms with Gasteiger partial charge < -0.3 is 15.2 Å². The van der Waals surface area contributed by atoms with Crippen LogP contribution in [0.1, 0.15) is 26.2 Å². The van der Waals surface area contributed by atoms with E-state index in [4.69, 9.17) is 0 Å². The fraction of sp³-hybridized carbons (Fsp3) is 0.500. The first-order chi connectivity index (χ1) is 10.2. The first kappa shape index (κ1) is 14.1. The highest BCUT2D eigenvalue weighted by molar-refractivity contribution is 5.73. The van der Waals surface area contributed by atoms with Crippen molar-refractivity contribution in [2.75, 3.05) is 11.9 Å². The lowest BCUT2D eigenvalue weighted by Gasteiger charge is -2.21. The Labute approximate surface area is 125 Å². The third-order valence-electron chi connectivity index (χ3n) is 4.08. The van der Waals surface area contributed by atoms with Gasteiger partial charge >= 0.3 is 0 Å². The number of benzene rings is 1. The molecule has 2 N–H and O–H groups in total. The van der Waals surface area contributed by atoms with Crippen LogP contribution in [0.4, 0.5) is 5.69 Å². The maximum atomic E-state index is 4.22. The minimum Gasteiger partial charge on any atom is -0.382 e. The summed E-state index contributed by atoms with van der Waals surface area (Å²) < 4.78 is 1.95. The van der Waals surface area contributed by atoms with Gasteiger partial charge in [0.05, 0.1) is 0 Å². The van der Waals surface area contributed by atoms with Crippen molar-refractivity contribution in [3.8, 4) is 11.4 Å². The van der Waals surface area contributed by atoms with Crippen molar-refractivity contribution in [2.45, 2.75) is 38.3 Å². The molecule has 0 spiro atoms. The number of hydrogen-bond acceptors (Lipinski definition) is 4. The van der Waals surface area contributed by atoms with Crippen LogP contribution in [-0.4, -0.2) is 33.4 Å². The van der Waals surface area contributed by atoms with Gasteiger partial charge in [-0.15, -0.1) is 10.2 Å². The fourth-order valence-electron chi connectivity index (χ4n) is 3.04. The molecule has 1 aromatic carbocycles. The second-order valence-corrected chi connectivity index (χ2v) is 5.89. The largest absolute Gasteiger partial charge is 0.382 e. The van der Waals surface area contributed by atoms with E-state index in [2.05, 4.69) is 46.0 Å². The molecule has 5 heteroatoms. The zero-order valence-electron chi connectivity index (χ0n) is 12.7. The van der Waals surface area contributed by atoms with Gasteiger partial charge in [0.25, 0.3) is 0 Å². The molecule has 1 aromatic heterocycles. The average molecular weight is 285 g/mol. The molecule has 21 heavy (non-hydrogen) atoms. The van der Waals surface area contributed by atoms with E-state index < -0.39 is 0 Å². The number of hydrogen-bond donors (Lipinski definition) is 2. The Bertz CT molecular complexity index is 586. The smallest absolute Gasteiger partial charge is 0.165 e. The van der Waals surface area contributed by atoms with Crippen molar-refractivity contribution in [1.29, 1.82) is 0 Å². The van der Waals surface area contributed by atoms with Gasteiger partial charge in [0.1, 0.15) is 6.33 Å². The summed E-state index contributed by atoms with van der Waals surface area (Å²) in [5.74, 6) is 0.893. The number of aryl methyl sites for hydroxylation is 1. The van der Waals surface area contributed by atoms with Gasteiger partial charge in [-0.25, -0.2) is 0 Å². The number of rotatable bonds is 5. The standard InChI is InChI=1S/C16H23N5/c1-12(10-13-6-5-9-17-13)19-15-8-4-3-7-14(15)16-20-18-11-21(16)2/h3-4,7-8,11-13,17,19H,5-6,9-10H2,1-2H3. The van der Waals surface area contributed by atoms with Crippen LogP contribution in [-0.2, 0) is 7.05 Å². The van der Waals surface area contributed by atoms with Crippen LogP contribution in [0, 0.1) is 0 Å². The maximum absolute atomic E-state index is 4.22. The SMILES string of the molecule is CC(CC1CCCN1)Nc1ccccc1-c1nncn1C. The van der Waals surface area contributed by atoms with Crippen molar-refractivity contribution in [1.82, 2.24) is 20.1 Å². The summed E-state index contributed by atoms with van der Waals surface area (Å²) in [5.41, 5.74) is 2.22. The molecule has 3 rings (SSSR count). The lowest BCUT2D eigenvalue weighted by atomic mass is 10.1. The maximum Gasteiger partial charge on any atom is 0.165 e. The molecule has 0 bridgehead atoms. The van der Waals surface area contributed by atoms with E-state index in [1.807, 2.05) is 17.7 Å². The Balaban J connectivity index is 1.74. The van der Waals surface area contributed by atoms with E-state index in [1.165, 1.54) is 12.8 Å². The highest BCUT2D eigenvalue weighted by Gasteiger charge is 2.18. The predicted octanol–water partition coefficient (Wildman–Crippen LogP) is 2.42. The first-order valence-corrected chi connectivity index (χ1v) is 7.67. The zero-order valence-corrected chi connectivity index (χ0v) is 12.7. The third kappa shape index (κ3) is 3.24. The van der Waals surface area contributed by atoms with Gasteiger partial charge in [0.15, 0.2) is 5.82 Å². The molecule has 2 aromatic rings. The summed E-state index contributed by atoms with van der Waals surface area (Å²) in [6, 6.07) is 9.38. The normalized spacial score (nSPS) is 19.6. The third-order valence-corrected chi connectivity index (χ3v) is 4.08. The average Bonchev–Trinajstić information content (AvgIpc) is 3.11. The molecule has 1 saturated heterocycles. The molecule has 0 radical (unpaired) electrons. The molecule has 0 aliphatic carbocycles. The molecule has 5 nitrogen and oxygen atoms in total. The van der Waals surface area contributed by atoms with Crippen molar-refractivity contribution in [3.63, 3.8) is 0 Å². The van der Waals surface area contributed by atoms with Crippen LogP contribution in [0.2, 0.25) is 0 Å². The first-order valence-electron chi connectivity index (χ1n) is 7.67. The Hall–Kier alpha value is -1.88. The highest BCUT2D eigenvalue weighted by atomic mass is 15.2. The van der Waals surface area contributed by atoms with Crippen LogP contribution in [0.25, 0.3) is 11.4 Å². The quantitative estimate of drug-likeness (QED) is 0.886. The van der Waals surface area contributed by atoms with Crippen LogP contribution in [0.5, 0.6) is 0 Å². The monoisotopic (exact) mass is 285 g/mol. The van der Waals surface area contributed by atoms with Gasteiger partial charge in [-0.2, -0.15) is 0 Å². The van der Waals surface area contributed by atoms with Crippen LogP contribution >= 0.6 is 0 Å². The number of anilines is 1. The van der Waals surface area contributed by atoms with E-state index in [-0.39, 0.29) is 0 Å². The van der Waals surface area contributed by atoms with Crippen LogP contribution in [0.15, 0.2) is 30.6 Å². The lowest BCUT2D eigenvalue weighted by Crippen LogP contribution is -2.29. The second-order valence-electron chi connectivity index (χ2n) is 5.89. The second kappa shape index (κ2) is 6.26. The van der Waals surface area contributed by atoms with Crippen molar-refractivity contribution < 1.29 is 0 Å². The van der Waals surface area contributed by atoms with E-state index in [0.717, 1.165) is 30.0 Å². The molecule has 2 heterocycles. The molecule has 2 atom stereocenters. The summed E-state index contributed by atoms with van der Waals surface area (Å²) in [4.78, 5) is 0. The minimum absolute atomic E-state index is 0.426. The van der Waals surface area contributed by atoms with E-state index >= 15 is 0 Å². The summed E-state index contributed by atoms with van der Waals surface area (Å²) in [7, 11) is 1.97. The number of nitrogens with one attached hydrogen (secondary N) is 2. The zero-order chi connectivity index (χ0) is 14.7. The summed E-state index contributed by atoms with van der Waals surface area (Å²) in [5, 5.41) is 15.4. The Morgan fingerprint density at radius 2 is 2.29 bits per heavy atom. The molecular formula is C16H23N5. The van der Waals surface area contributed by atoms with Crippen molar-refractivity contribution in [2.24, 2.45) is 7.05 Å². The van der Waals surface area contributed by atoms with Gasteiger partial charge in [0, 0.05) is 30.4 Å². The Kier molecular flexibility index (Phi) is 4.20. The molecule has 1 fully saturated rings. The molecule has 0 amide bonds. The number of aromatic nitrogens is 3. The summed E-state index contributed by atoms with van der Waals surface area (Å²) in [6.07, 6.45) is 5.47. The van der Waals surface area contributed by atoms with Gasteiger partial charge in [0.2, 0.25) is 0 Å². The number of para-hydroxylation sites is 1. The molecule has 1 aliphatic heterocycles. The molecular weight excluding hydrogens is 262 g/mol. The lowest BCUT2D eigenvalue weighted by molar-refractivity contribution is 0.523. The predicted molar refractivity (Wildman–Crippen MR) is 85.2 cm³/mol.